The maximum Gasteiger partial charge on any atom is 0.158 e. The van der Waals surface area contributed by atoms with Crippen molar-refractivity contribution in [3.8, 4) is 5.75 Å². The Morgan fingerprint density at radius 2 is 2.05 bits per heavy atom. The van der Waals surface area contributed by atoms with E-state index in [1.807, 2.05) is 25.1 Å². The molecule has 0 radical (unpaired) electrons. The van der Waals surface area contributed by atoms with Crippen molar-refractivity contribution >= 4 is 5.78 Å². The number of benzene rings is 1. The Hall–Kier alpha value is -1.57. The first-order chi connectivity index (χ1) is 9.29. The fraction of sp³-hybridized carbons (Fsp3) is 0.471. The highest BCUT2D eigenvalue weighted by Crippen LogP contribution is 2.21. The average molecular weight is 258 g/mol. The normalized spacial score (nSPS) is 18.6. The van der Waals surface area contributed by atoms with Crippen LogP contribution in [-0.2, 0) is 11.2 Å². The molecule has 1 aromatic carbocycles. The molecular formula is C17H22O2. The molecule has 0 aromatic heterocycles. The highest BCUT2D eigenvalue weighted by atomic mass is 16.5. The molecule has 2 heteroatoms. The van der Waals surface area contributed by atoms with Crippen LogP contribution >= 0.6 is 0 Å². The Bertz CT molecular complexity index is 431. The summed E-state index contributed by atoms with van der Waals surface area (Å²) in [7, 11) is 0. The van der Waals surface area contributed by atoms with Crippen molar-refractivity contribution in [2.24, 2.45) is 5.92 Å². The highest BCUT2D eigenvalue weighted by Gasteiger charge is 2.17. The van der Waals surface area contributed by atoms with Gasteiger partial charge in [-0.25, -0.2) is 0 Å². The van der Waals surface area contributed by atoms with Crippen LogP contribution in [0.25, 0.3) is 0 Å². The first-order valence-corrected chi connectivity index (χ1v) is 7.21. The second-order valence-corrected chi connectivity index (χ2v) is 5.05. The summed E-state index contributed by atoms with van der Waals surface area (Å²) in [5, 5.41) is 0. The van der Waals surface area contributed by atoms with E-state index in [1.165, 1.54) is 5.56 Å². The maximum atomic E-state index is 11.6. The molecular weight excluding hydrogens is 236 g/mol. The molecule has 1 unspecified atom stereocenters. The summed E-state index contributed by atoms with van der Waals surface area (Å²) >= 11 is 0. The second-order valence-electron chi connectivity index (χ2n) is 5.05. The molecule has 2 nitrogen and oxygen atoms in total. The Morgan fingerprint density at radius 1 is 1.26 bits per heavy atom. The first-order valence-electron chi connectivity index (χ1n) is 7.21. The lowest BCUT2D eigenvalue weighted by atomic mass is 9.88. The van der Waals surface area contributed by atoms with Crippen molar-refractivity contribution in [1.82, 2.24) is 0 Å². The molecule has 0 N–H and O–H groups in total. The maximum absolute atomic E-state index is 11.6. The fourth-order valence-electron chi connectivity index (χ4n) is 2.53. The minimum Gasteiger partial charge on any atom is -0.494 e. The number of rotatable bonds is 6. The van der Waals surface area contributed by atoms with E-state index in [1.54, 1.807) is 6.08 Å². The summed E-state index contributed by atoms with van der Waals surface area (Å²) in [4.78, 5) is 11.6. The Morgan fingerprint density at radius 3 is 2.74 bits per heavy atom. The van der Waals surface area contributed by atoms with Gasteiger partial charge in [-0.3, -0.25) is 4.79 Å². The number of ether oxygens (including phenoxy) is 1. The van der Waals surface area contributed by atoms with Gasteiger partial charge in [0.1, 0.15) is 5.75 Å². The van der Waals surface area contributed by atoms with Gasteiger partial charge in [0.15, 0.2) is 5.78 Å². The smallest absolute Gasteiger partial charge is 0.158 e. The van der Waals surface area contributed by atoms with Gasteiger partial charge in [-0.15, -0.1) is 0 Å². The molecule has 1 aromatic rings. The van der Waals surface area contributed by atoms with Gasteiger partial charge in [-0.05, 0) is 62.8 Å². The summed E-state index contributed by atoms with van der Waals surface area (Å²) in [6.07, 6.45) is 8.96. The number of hydrogen-bond acceptors (Lipinski definition) is 2. The molecule has 0 aliphatic heterocycles. The molecule has 0 heterocycles. The lowest BCUT2D eigenvalue weighted by Gasteiger charge is -2.16. The van der Waals surface area contributed by atoms with Crippen LogP contribution in [0.1, 0.15) is 38.2 Å². The number of hydrogen-bond donors (Lipinski definition) is 0. The number of allylic oxidation sites excluding steroid dienone is 2. The molecule has 0 bridgehead atoms. The number of aryl methyl sites for hydroxylation is 1. The van der Waals surface area contributed by atoms with Crippen molar-refractivity contribution in [3.05, 3.63) is 42.0 Å². The SMILES string of the molecule is CCOc1ccc(CCCC2CCC=CC2=O)cc1. The van der Waals surface area contributed by atoms with Gasteiger partial charge >= 0.3 is 0 Å². The van der Waals surface area contributed by atoms with Crippen molar-refractivity contribution in [3.63, 3.8) is 0 Å². The van der Waals surface area contributed by atoms with E-state index in [-0.39, 0.29) is 5.92 Å². The third-order valence-electron chi connectivity index (χ3n) is 3.62. The van der Waals surface area contributed by atoms with Crippen molar-refractivity contribution in [2.45, 2.75) is 39.0 Å². The van der Waals surface area contributed by atoms with Crippen molar-refractivity contribution in [2.75, 3.05) is 6.61 Å². The van der Waals surface area contributed by atoms with Crippen molar-refractivity contribution in [1.29, 1.82) is 0 Å². The molecule has 19 heavy (non-hydrogen) atoms. The standard InChI is InChI=1S/C17H22O2/c1-2-19-16-12-10-14(11-13-16)6-5-8-15-7-3-4-9-17(15)18/h4,9-13,15H,2-3,5-8H2,1H3. The Kier molecular flexibility index (Phi) is 5.20. The molecule has 0 saturated heterocycles. The first kappa shape index (κ1) is 13.9. The lowest BCUT2D eigenvalue weighted by molar-refractivity contribution is -0.119. The monoisotopic (exact) mass is 258 g/mol. The van der Waals surface area contributed by atoms with Gasteiger partial charge in [0.05, 0.1) is 6.61 Å². The van der Waals surface area contributed by atoms with E-state index in [4.69, 9.17) is 4.74 Å². The van der Waals surface area contributed by atoms with E-state index in [2.05, 4.69) is 12.1 Å². The number of carbonyl (C=O) groups is 1. The third-order valence-corrected chi connectivity index (χ3v) is 3.62. The zero-order valence-electron chi connectivity index (χ0n) is 11.6. The summed E-state index contributed by atoms with van der Waals surface area (Å²) in [6, 6.07) is 8.28. The molecule has 1 aliphatic carbocycles. The average Bonchev–Trinajstić information content (AvgIpc) is 2.43. The van der Waals surface area contributed by atoms with Crippen LogP contribution in [0.5, 0.6) is 5.75 Å². The van der Waals surface area contributed by atoms with E-state index in [0.29, 0.717) is 12.4 Å². The number of carbonyl (C=O) groups excluding carboxylic acids is 1. The van der Waals surface area contributed by atoms with Crippen LogP contribution in [-0.4, -0.2) is 12.4 Å². The Balaban J connectivity index is 1.76. The molecule has 0 amide bonds. The van der Waals surface area contributed by atoms with Gasteiger partial charge in [0.25, 0.3) is 0 Å². The Labute approximate surface area is 115 Å². The molecule has 0 spiro atoms. The quantitative estimate of drug-likeness (QED) is 0.772. The van der Waals surface area contributed by atoms with Gasteiger partial charge in [-0.1, -0.05) is 18.2 Å². The van der Waals surface area contributed by atoms with Gasteiger partial charge in [-0.2, -0.15) is 0 Å². The summed E-state index contributed by atoms with van der Waals surface area (Å²) < 4.78 is 5.42. The topological polar surface area (TPSA) is 26.3 Å². The van der Waals surface area contributed by atoms with Crippen LogP contribution in [0.15, 0.2) is 36.4 Å². The van der Waals surface area contributed by atoms with Crippen LogP contribution < -0.4 is 4.74 Å². The molecule has 0 fully saturated rings. The zero-order valence-corrected chi connectivity index (χ0v) is 11.6. The van der Waals surface area contributed by atoms with Crippen molar-refractivity contribution < 1.29 is 9.53 Å². The molecule has 102 valence electrons. The largest absolute Gasteiger partial charge is 0.494 e. The van der Waals surface area contributed by atoms with E-state index in [9.17, 15) is 4.79 Å². The third kappa shape index (κ3) is 4.23. The summed E-state index contributed by atoms with van der Waals surface area (Å²) in [6.45, 7) is 2.69. The van der Waals surface area contributed by atoms with Gasteiger partial charge < -0.3 is 4.74 Å². The van der Waals surface area contributed by atoms with Crippen LogP contribution in [0.3, 0.4) is 0 Å². The molecule has 0 saturated carbocycles. The highest BCUT2D eigenvalue weighted by molar-refractivity contribution is 5.92. The van der Waals surface area contributed by atoms with Crippen LogP contribution in [0.4, 0.5) is 0 Å². The predicted molar refractivity (Wildman–Crippen MR) is 77.4 cm³/mol. The predicted octanol–water partition coefficient (Wildman–Crippen LogP) is 3.94. The lowest BCUT2D eigenvalue weighted by Crippen LogP contribution is -2.15. The van der Waals surface area contributed by atoms with E-state index in [0.717, 1.165) is 37.9 Å². The summed E-state index contributed by atoms with van der Waals surface area (Å²) in [5.41, 5.74) is 1.32. The van der Waals surface area contributed by atoms with E-state index >= 15 is 0 Å². The second kappa shape index (κ2) is 7.13. The minimum atomic E-state index is 0.257. The fourth-order valence-corrected chi connectivity index (χ4v) is 2.53. The molecule has 1 aliphatic rings. The van der Waals surface area contributed by atoms with E-state index < -0.39 is 0 Å². The van der Waals surface area contributed by atoms with Crippen LogP contribution in [0.2, 0.25) is 0 Å². The van der Waals surface area contributed by atoms with Gasteiger partial charge in [0.2, 0.25) is 0 Å². The van der Waals surface area contributed by atoms with Crippen LogP contribution in [0, 0.1) is 5.92 Å². The zero-order chi connectivity index (χ0) is 13.5. The minimum absolute atomic E-state index is 0.257. The molecule has 2 rings (SSSR count). The number of ketones is 1. The van der Waals surface area contributed by atoms with Gasteiger partial charge in [0, 0.05) is 5.92 Å². The summed E-state index contributed by atoms with van der Waals surface area (Å²) in [5.74, 6) is 1.50. The molecule has 1 atom stereocenters.